The van der Waals surface area contributed by atoms with E-state index in [9.17, 15) is 0 Å². The van der Waals surface area contributed by atoms with Crippen molar-refractivity contribution in [2.75, 3.05) is 0 Å². The fourth-order valence-electron chi connectivity index (χ4n) is 0.571. The van der Waals surface area contributed by atoms with Gasteiger partial charge in [-0.3, -0.25) is 0 Å². The molecule has 0 atom stereocenters. The van der Waals surface area contributed by atoms with Crippen molar-refractivity contribution in [1.29, 1.82) is 0 Å². The maximum Gasteiger partial charge on any atom is 0.101 e. The monoisotopic (exact) mass is 108 g/mol. The van der Waals surface area contributed by atoms with E-state index in [4.69, 9.17) is 4.42 Å². The predicted molar refractivity (Wildman–Crippen MR) is 33.5 cm³/mol. The van der Waals surface area contributed by atoms with Gasteiger partial charge in [0.1, 0.15) is 5.76 Å². The van der Waals surface area contributed by atoms with E-state index < -0.39 is 0 Å². The van der Waals surface area contributed by atoms with Crippen molar-refractivity contribution < 1.29 is 4.42 Å². The topological polar surface area (TPSA) is 13.1 Å². The standard InChI is InChI=1S/C7H8O/c1-3-7-4-6(2)8-5-7/h3-5H,1H2,2H3. The normalized spacial score (nSPS) is 9.12. The van der Waals surface area contributed by atoms with E-state index in [-0.39, 0.29) is 0 Å². The Hall–Kier alpha value is -0.980. The Kier molecular flexibility index (Phi) is 1.20. The first-order valence-corrected chi connectivity index (χ1v) is 2.50. The number of furan rings is 1. The Morgan fingerprint density at radius 1 is 1.75 bits per heavy atom. The van der Waals surface area contributed by atoms with Gasteiger partial charge in [-0.05, 0) is 13.0 Å². The van der Waals surface area contributed by atoms with Crippen LogP contribution in [0.15, 0.2) is 23.3 Å². The fourth-order valence-corrected chi connectivity index (χ4v) is 0.571. The summed E-state index contributed by atoms with van der Waals surface area (Å²) in [4.78, 5) is 0. The van der Waals surface area contributed by atoms with Crippen LogP contribution >= 0.6 is 0 Å². The highest BCUT2D eigenvalue weighted by molar-refractivity contribution is 5.44. The van der Waals surface area contributed by atoms with Crippen LogP contribution in [0.1, 0.15) is 11.3 Å². The molecule has 0 unspecified atom stereocenters. The van der Waals surface area contributed by atoms with Crippen molar-refractivity contribution in [2.45, 2.75) is 6.92 Å². The lowest BCUT2D eigenvalue weighted by Gasteiger charge is -1.70. The summed E-state index contributed by atoms with van der Waals surface area (Å²) in [7, 11) is 0. The van der Waals surface area contributed by atoms with E-state index in [2.05, 4.69) is 6.58 Å². The van der Waals surface area contributed by atoms with Gasteiger partial charge in [-0.15, -0.1) is 0 Å². The molecule has 1 heteroatoms. The lowest BCUT2D eigenvalue weighted by molar-refractivity contribution is 0.534. The minimum absolute atomic E-state index is 0.930. The summed E-state index contributed by atoms with van der Waals surface area (Å²) in [6.07, 6.45) is 3.44. The summed E-state index contributed by atoms with van der Waals surface area (Å²) in [6.45, 7) is 5.49. The van der Waals surface area contributed by atoms with Crippen LogP contribution in [0, 0.1) is 6.92 Å². The van der Waals surface area contributed by atoms with Crippen LogP contribution in [0.25, 0.3) is 6.08 Å². The fraction of sp³-hybridized carbons (Fsp3) is 0.143. The quantitative estimate of drug-likeness (QED) is 0.537. The van der Waals surface area contributed by atoms with Gasteiger partial charge in [0, 0.05) is 5.56 Å². The van der Waals surface area contributed by atoms with Gasteiger partial charge in [-0.2, -0.15) is 0 Å². The van der Waals surface area contributed by atoms with Gasteiger partial charge >= 0.3 is 0 Å². The molecule has 0 bridgehead atoms. The summed E-state index contributed by atoms with van der Waals surface area (Å²) >= 11 is 0. The molecule has 1 heterocycles. The Morgan fingerprint density at radius 2 is 2.50 bits per heavy atom. The van der Waals surface area contributed by atoms with Crippen molar-refractivity contribution in [3.63, 3.8) is 0 Å². The molecule has 1 nitrogen and oxygen atoms in total. The van der Waals surface area contributed by atoms with Crippen molar-refractivity contribution in [3.8, 4) is 0 Å². The highest BCUT2D eigenvalue weighted by atomic mass is 16.3. The lowest BCUT2D eigenvalue weighted by Crippen LogP contribution is -1.55. The molecule has 0 aliphatic carbocycles. The van der Waals surface area contributed by atoms with Crippen LogP contribution in [-0.2, 0) is 0 Å². The summed E-state index contributed by atoms with van der Waals surface area (Å²) in [6, 6.07) is 1.94. The van der Waals surface area contributed by atoms with E-state index in [1.807, 2.05) is 13.0 Å². The van der Waals surface area contributed by atoms with Gasteiger partial charge < -0.3 is 4.42 Å². The second kappa shape index (κ2) is 1.86. The molecule has 0 saturated heterocycles. The molecule has 1 aromatic heterocycles. The van der Waals surface area contributed by atoms with Crippen LogP contribution in [0.5, 0.6) is 0 Å². The smallest absolute Gasteiger partial charge is 0.101 e. The van der Waals surface area contributed by atoms with Crippen LogP contribution in [0.2, 0.25) is 0 Å². The van der Waals surface area contributed by atoms with Gasteiger partial charge in [0.15, 0.2) is 0 Å². The van der Waals surface area contributed by atoms with E-state index in [0.717, 1.165) is 11.3 Å². The van der Waals surface area contributed by atoms with Crippen LogP contribution in [0.4, 0.5) is 0 Å². The molecule has 42 valence electrons. The molecule has 8 heavy (non-hydrogen) atoms. The molecule has 0 spiro atoms. The van der Waals surface area contributed by atoms with Crippen molar-refractivity contribution in [3.05, 3.63) is 30.2 Å². The third-order valence-corrected chi connectivity index (χ3v) is 0.987. The molecule has 1 rings (SSSR count). The van der Waals surface area contributed by atoms with Crippen LogP contribution < -0.4 is 0 Å². The van der Waals surface area contributed by atoms with Gasteiger partial charge in [0.2, 0.25) is 0 Å². The van der Waals surface area contributed by atoms with Crippen molar-refractivity contribution >= 4 is 6.08 Å². The zero-order valence-electron chi connectivity index (χ0n) is 4.85. The minimum Gasteiger partial charge on any atom is -0.469 e. The molecule has 1 aromatic rings. The third kappa shape index (κ3) is 0.808. The highest BCUT2D eigenvalue weighted by Crippen LogP contribution is 2.05. The highest BCUT2D eigenvalue weighted by Gasteiger charge is 1.88. The average Bonchev–Trinajstić information content (AvgIpc) is 2.14. The zero-order chi connectivity index (χ0) is 5.98. The molecule has 0 N–H and O–H groups in total. The van der Waals surface area contributed by atoms with Gasteiger partial charge in [-0.25, -0.2) is 0 Å². The van der Waals surface area contributed by atoms with E-state index in [1.165, 1.54) is 0 Å². The first-order valence-electron chi connectivity index (χ1n) is 2.50. The zero-order valence-corrected chi connectivity index (χ0v) is 4.85. The van der Waals surface area contributed by atoms with Crippen molar-refractivity contribution in [2.24, 2.45) is 0 Å². The van der Waals surface area contributed by atoms with Crippen LogP contribution in [0.3, 0.4) is 0 Å². The Morgan fingerprint density at radius 3 is 2.75 bits per heavy atom. The van der Waals surface area contributed by atoms with Crippen molar-refractivity contribution in [1.82, 2.24) is 0 Å². The molecule has 0 radical (unpaired) electrons. The number of hydrogen-bond donors (Lipinski definition) is 0. The van der Waals surface area contributed by atoms with Gasteiger partial charge in [0.25, 0.3) is 0 Å². The summed E-state index contributed by atoms with van der Waals surface area (Å²) < 4.78 is 4.98. The SMILES string of the molecule is C=Cc1coc(C)c1. The molecule has 0 aromatic carbocycles. The molecule has 0 aliphatic rings. The number of aryl methyl sites for hydroxylation is 1. The Bertz CT molecular complexity index is 186. The maximum atomic E-state index is 4.98. The molecule has 0 aliphatic heterocycles. The van der Waals surface area contributed by atoms with Crippen LogP contribution in [-0.4, -0.2) is 0 Å². The maximum absolute atomic E-state index is 4.98. The summed E-state index contributed by atoms with van der Waals surface area (Å²) in [5.41, 5.74) is 1.04. The first-order chi connectivity index (χ1) is 3.83. The third-order valence-electron chi connectivity index (χ3n) is 0.987. The van der Waals surface area contributed by atoms with Gasteiger partial charge in [-0.1, -0.05) is 12.7 Å². The average molecular weight is 108 g/mol. The van der Waals surface area contributed by atoms with E-state index >= 15 is 0 Å². The Balaban J connectivity index is 3.00. The largest absolute Gasteiger partial charge is 0.469 e. The summed E-state index contributed by atoms with van der Waals surface area (Å²) in [5, 5.41) is 0. The minimum atomic E-state index is 0.930. The summed E-state index contributed by atoms with van der Waals surface area (Å²) in [5.74, 6) is 0.930. The lowest BCUT2D eigenvalue weighted by atomic mass is 10.3. The molecular formula is C7H8O. The second-order valence-electron chi connectivity index (χ2n) is 1.69. The molecule has 0 amide bonds. The second-order valence-corrected chi connectivity index (χ2v) is 1.69. The predicted octanol–water partition coefficient (Wildman–Crippen LogP) is 2.23. The number of rotatable bonds is 1. The van der Waals surface area contributed by atoms with E-state index in [0.29, 0.717) is 0 Å². The van der Waals surface area contributed by atoms with E-state index in [1.54, 1.807) is 12.3 Å². The van der Waals surface area contributed by atoms with Gasteiger partial charge in [0.05, 0.1) is 6.26 Å². The number of hydrogen-bond acceptors (Lipinski definition) is 1. The Labute approximate surface area is 48.6 Å². The first kappa shape index (κ1) is 5.16. The molecule has 0 fully saturated rings. The molecule has 0 saturated carbocycles. The molecular weight excluding hydrogens is 100 g/mol.